The van der Waals surface area contributed by atoms with E-state index in [1.807, 2.05) is 43.3 Å². The Morgan fingerprint density at radius 3 is 2.79 bits per heavy atom. The number of amides is 1. The SMILES string of the molecule is CN(C)Cc1c(C(=O)N2CCCC(C(=O)O)C2)oc2ccccc12. The third kappa shape index (κ3) is 3.14. The second-order valence-electron chi connectivity index (χ2n) is 6.57. The molecule has 1 fully saturated rings. The predicted molar refractivity (Wildman–Crippen MR) is 89.9 cm³/mol. The van der Waals surface area contributed by atoms with Crippen LogP contribution in [0.25, 0.3) is 11.0 Å². The maximum absolute atomic E-state index is 13.0. The molecule has 0 radical (unpaired) electrons. The molecule has 1 saturated heterocycles. The zero-order valence-corrected chi connectivity index (χ0v) is 14.0. The monoisotopic (exact) mass is 330 g/mol. The number of rotatable bonds is 4. The lowest BCUT2D eigenvalue weighted by molar-refractivity contribution is -0.143. The van der Waals surface area contributed by atoms with Crippen molar-refractivity contribution in [1.29, 1.82) is 0 Å². The van der Waals surface area contributed by atoms with Crippen LogP contribution in [-0.4, -0.2) is 54.0 Å². The van der Waals surface area contributed by atoms with Gasteiger partial charge in [0.25, 0.3) is 5.91 Å². The number of fused-ring (bicyclic) bond motifs is 1. The van der Waals surface area contributed by atoms with Gasteiger partial charge in [-0.25, -0.2) is 0 Å². The van der Waals surface area contributed by atoms with E-state index in [0.717, 1.165) is 10.9 Å². The first kappa shape index (κ1) is 16.5. The molecular weight excluding hydrogens is 308 g/mol. The molecule has 2 aromatic rings. The van der Waals surface area contributed by atoms with Crippen molar-refractivity contribution >= 4 is 22.8 Å². The van der Waals surface area contributed by atoms with Crippen molar-refractivity contribution in [2.75, 3.05) is 27.2 Å². The molecule has 1 aromatic carbocycles. The highest BCUT2D eigenvalue weighted by Gasteiger charge is 2.31. The largest absolute Gasteiger partial charge is 0.481 e. The number of piperidine rings is 1. The zero-order chi connectivity index (χ0) is 17.3. The van der Waals surface area contributed by atoms with Gasteiger partial charge in [-0.1, -0.05) is 18.2 Å². The van der Waals surface area contributed by atoms with Gasteiger partial charge in [-0.05, 0) is 33.0 Å². The molecule has 1 aliphatic heterocycles. The van der Waals surface area contributed by atoms with Crippen molar-refractivity contribution < 1.29 is 19.1 Å². The van der Waals surface area contributed by atoms with Crippen LogP contribution in [0.5, 0.6) is 0 Å². The second kappa shape index (κ2) is 6.65. The summed E-state index contributed by atoms with van der Waals surface area (Å²) in [4.78, 5) is 27.8. The quantitative estimate of drug-likeness (QED) is 0.932. The van der Waals surface area contributed by atoms with E-state index in [1.165, 1.54) is 0 Å². The summed E-state index contributed by atoms with van der Waals surface area (Å²) in [6.45, 7) is 1.40. The van der Waals surface area contributed by atoms with Crippen molar-refractivity contribution in [1.82, 2.24) is 9.80 Å². The number of likely N-dealkylation sites (tertiary alicyclic amines) is 1. The second-order valence-corrected chi connectivity index (χ2v) is 6.57. The summed E-state index contributed by atoms with van der Waals surface area (Å²) in [7, 11) is 3.88. The van der Waals surface area contributed by atoms with Crippen LogP contribution in [-0.2, 0) is 11.3 Å². The van der Waals surface area contributed by atoms with Gasteiger partial charge in [-0.3, -0.25) is 9.59 Å². The molecule has 128 valence electrons. The van der Waals surface area contributed by atoms with E-state index in [2.05, 4.69) is 0 Å². The molecule has 24 heavy (non-hydrogen) atoms. The van der Waals surface area contributed by atoms with Gasteiger partial charge >= 0.3 is 5.97 Å². The summed E-state index contributed by atoms with van der Waals surface area (Å²) >= 11 is 0. The summed E-state index contributed by atoms with van der Waals surface area (Å²) in [5.41, 5.74) is 1.54. The van der Waals surface area contributed by atoms with Crippen LogP contribution in [0.3, 0.4) is 0 Å². The highest BCUT2D eigenvalue weighted by Crippen LogP contribution is 2.29. The van der Waals surface area contributed by atoms with E-state index in [9.17, 15) is 14.7 Å². The van der Waals surface area contributed by atoms with Gasteiger partial charge in [0.1, 0.15) is 5.58 Å². The minimum atomic E-state index is -0.842. The van der Waals surface area contributed by atoms with Crippen molar-refractivity contribution in [2.24, 2.45) is 5.92 Å². The molecule has 0 spiro atoms. The van der Waals surface area contributed by atoms with Crippen LogP contribution in [0.15, 0.2) is 28.7 Å². The molecule has 1 unspecified atom stereocenters. The van der Waals surface area contributed by atoms with E-state index < -0.39 is 11.9 Å². The molecule has 1 amide bonds. The first-order valence-corrected chi connectivity index (χ1v) is 8.14. The normalized spacial score (nSPS) is 18.3. The number of carboxylic acids is 1. The average Bonchev–Trinajstić information content (AvgIpc) is 2.92. The third-order valence-corrected chi connectivity index (χ3v) is 4.42. The zero-order valence-electron chi connectivity index (χ0n) is 14.0. The molecule has 6 heteroatoms. The predicted octanol–water partition coefficient (Wildman–Crippen LogP) is 2.43. The Morgan fingerprint density at radius 1 is 1.33 bits per heavy atom. The van der Waals surface area contributed by atoms with Crippen LogP contribution < -0.4 is 0 Å². The Bertz CT molecular complexity index is 765. The fraction of sp³-hybridized carbons (Fsp3) is 0.444. The van der Waals surface area contributed by atoms with Gasteiger partial charge in [0.05, 0.1) is 5.92 Å². The number of benzene rings is 1. The van der Waals surface area contributed by atoms with Crippen LogP contribution in [0.4, 0.5) is 0 Å². The van der Waals surface area contributed by atoms with Crippen molar-refractivity contribution in [3.63, 3.8) is 0 Å². The molecule has 0 saturated carbocycles. The number of nitrogens with zero attached hydrogens (tertiary/aromatic N) is 2. The molecule has 1 N–H and O–H groups in total. The Labute approximate surface area is 140 Å². The van der Waals surface area contributed by atoms with E-state index in [1.54, 1.807) is 4.90 Å². The molecule has 1 aromatic heterocycles. The van der Waals surface area contributed by atoms with E-state index in [-0.39, 0.29) is 12.5 Å². The Balaban J connectivity index is 1.95. The van der Waals surface area contributed by atoms with Gasteiger partial charge < -0.3 is 19.3 Å². The van der Waals surface area contributed by atoms with E-state index >= 15 is 0 Å². The van der Waals surface area contributed by atoms with Crippen molar-refractivity contribution in [2.45, 2.75) is 19.4 Å². The lowest BCUT2D eigenvalue weighted by atomic mass is 9.98. The van der Waals surface area contributed by atoms with Crippen LogP contribution in [0.1, 0.15) is 29.0 Å². The van der Waals surface area contributed by atoms with Gasteiger partial charge in [0.2, 0.25) is 0 Å². The molecule has 1 aliphatic rings. The van der Waals surface area contributed by atoms with Gasteiger partial charge in [0, 0.05) is 30.6 Å². The number of hydrogen-bond donors (Lipinski definition) is 1. The molecule has 0 aliphatic carbocycles. The lowest BCUT2D eigenvalue weighted by Crippen LogP contribution is -2.42. The summed E-state index contributed by atoms with van der Waals surface area (Å²) in [5, 5.41) is 10.2. The standard InChI is InChI=1S/C18H22N2O4/c1-19(2)11-14-13-7-3-4-8-15(13)24-16(14)17(21)20-9-5-6-12(10-20)18(22)23/h3-4,7-8,12H,5-6,9-11H2,1-2H3,(H,22,23). The summed E-state index contributed by atoms with van der Waals surface area (Å²) < 4.78 is 5.85. The molecule has 0 bridgehead atoms. The molecule has 3 rings (SSSR count). The first-order chi connectivity index (χ1) is 11.5. The van der Waals surface area contributed by atoms with E-state index in [4.69, 9.17) is 4.42 Å². The minimum absolute atomic E-state index is 0.214. The van der Waals surface area contributed by atoms with Crippen molar-refractivity contribution in [3.8, 4) is 0 Å². The summed E-state index contributed by atoms with van der Waals surface area (Å²) in [6.07, 6.45) is 1.32. The number of carbonyl (C=O) groups excluding carboxylic acids is 1. The lowest BCUT2D eigenvalue weighted by Gasteiger charge is -2.30. The van der Waals surface area contributed by atoms with Gasteiger partial charge in [0.15, 0.2) is 5.76 Å². The maximum atomic E-state index is 13.0. The fourth-order valence-corrected chi connectivity index (χ4v) is 3.25. The molecule has 1 atom stereocenters. The molecule has 2 heterocycles. The van der Waals surface area contributed by atoms with E-state index in [0.29, 0.717) is 37.3 Å². The minimum Gasteiger partial charge on any atom is -0.481 e. The van der Waals surface area contributed by atoms with Gasteiger partial charge in [-0.2, -0.15) is 0 Å². The van der Waals surface area contributed by atoms with Crippen molar-refractivity contribution in [3.05, 3.63) is 35.6 Å². The van der Waals surface area contributed by atoms with Crippen LogP contribution in [0.2, 0.25) is 0 Å². The topological polar surface area (TPSA) is 74.0 Å². The smallest absolute Gasteiger partial charge is 0.308 e. The number of hydrogen-bond acceptors (Lipinski definition) is 4. The number of furan rings is 1. The Kier molecular flexibility index (Phi) is 4.57. The Morgan fingerprint density at radius 2 is 2.08 bits per heavy atom. The third-order valence-electron chi connectivity index (χ3n) is 4.42. The number of aliphatic carboxylic acids is 1. The number of carboxylic acid groups (broad SMARTS) is 1. The number of para-hydroxylation sites is 1. The average molecular weight is 330 g/mol. The molecule has 6 nitrogen and oxygen atoms in total. The van der Waals surface area contributed by atoms with Crippen LogP contribution in [0, 0.1) is 5.92 Å². The first-order valence-electron chi connectivity index (χ1n) is 8.14. The highest BCUT2D eigenvalue weighted by atomic mass is 16.4. The summed E-state index contributed by atoms with van der Waals surface area (Å²) in [5.74, 6) is -1.22. The highest BCUT2D eigenvalue weighted by molar-refractivity contribution is 5.99. The Hall–Kier alpha value is -2.34. The maximum Gasteiger partial charge on any atom is 0.308 e. The van der Waals surface area contributed by atoms with Gasteiger partial charge in [-0.15, -0.1) is 0 Å². The summed E-state index contributed by atoms with van der Waals surface area (Å²) in [6, 6.07) is 7.60. The fourth-order valence-electron chi connectivity index (χ4n) is 3.25. The molecular formula is C18H22N2O4. The van der Waals surface area contributed by atoms with Crippen LogP contribution >= 0.6 is 0 Å². The number of carbonyl (C=O) groups is 2.